The van der Waals surface area contributed by atoms with E-state index in [1.807, 2.05) is 36.4 Å². The summed E-state index contributed by atoms with van der Waals surface area (Å²) in [6.07, 6.45) is 9.51. The van der Waals surface area contributed by atoms with E-state index < -0.39 is 29.7 Å². The molecule has 58 heavy (non-hydrogen) atoms. The Morgan fingerprint density at radius 3 is 2.29 bits per heavy atom. The highest BCUT2D eigenvalue weighted by atomic mass is 16.2. The van der Waals surface area contributed by atoms with Gasteiger partial charge >= 0.3 is 0 Å². The van der Waals surface area contributed by atoms with Crippen LogP contribution in [-0.2, 0) is 9.59 Å². The maximum Gasteiger partial charge on any atom is 0.264 e. The summed E-state index contributed by atoms with van der Waals surface area (Å²) in [4.78, 5) is 91.1. The number of fused-ring (bicyclic) bond motifs is 3. The van der Waals surface area contributed by atoms with Crippen molar-refractivity contribution in [3.8, 4) is 0 Å². The number of anilines is 6. The van der Waals surface area contributed by atoms with Gasteiger partial charge in [-0.05, 0) is 80.6 Å². The van der Waals surface area contributed by atoms with Crippen LogP contribution in [0.25, 0.3) is 0 Å². The van der Waals surface area contributed by atoms with E-state index in [1.165, 1.54) is 0 Å². The molecule has 0 bridgehead atoms. The van der Waals surface area contributed by atoms with Gasteiger partial charge in [-0.15, -0.1) is 0 Å². The molecule has 4 aliphatic rings. The van der Waals surface area contributed by atoms with Crippen molar-refractivity contribution in [1.82, 2.24) is 25.5 Å². The summed E-state index contributed by atoms with van der Waals surface area (Å²) in [5.41, 5.74) is 4.42. The molecule has 1 saturated heterocycles. The number of nitrogens with zero attached hydrogens (tertiary/aromatic N) is 5. The number of imide groups is 2. The third-order valence-electron chi connectivity index (χ3n) is 11.3. The molecule has 4 N–H and O–H groups in total. The molecule has 1 unspecified atom stereocenters. The van der Waals surface area contributed by atoms with Gasteiger partial charge in [0, 0.05) is 49.5 Å². The fourth-order valence-electron chi connectivity index (χ4n) is 8.27. The van der Waals surface area contributed by atoms with Gasteiger partial charge in [-0.2, -0.15) is 4.98 Å². The summed E-state index contributed by atoms with van der Waals surface area (Å²) >= 11 is 0. The summed E-state index contributed by atoms with van der Waals surface area (Å²) in [5.74, 6) is -1.31. The first kappa shape index (κ1) is 38.2. The predicted octanol–water partition coefficient (Wildman–Crippen LogP) is 5.69. The Bertz CT molecular complexity index is 2290. The molecular weight excluding hydrogens is 739 g/mol. The number of para-hydroxylation sites is 1. The number of hydrogen-bond donors (Lipinski definition) is 4. The standard InChI is InChI=1S/C43H45N9O6/c1-50-34-25-46-43(49-37(34)51(28-11-4-5-12-28)32-16-7-6-13-29(32)40(50)56)47-27-19-17-26(18-20-27)38(54)45-24-9-3-2-8-23-44-31-15-10-14-30-36(31)42(58)52(41(30)57)33-21-22-35(53)48-39(33)55/h6-7,10,13-20,25,28,33,44H,2-5,8-9,11-12,21-24H2,1H3,(H,45,54)(H,46,47,49)(H,48,53,55). The molecule has 4 heterocycles. The lowest BCUT2D eigenvalue weighted by Crippen LogP contribution is -2.54. The molecule has 2 fully saturated rings. The minimum atomic E-state index is -1.01. The first-order valence-corrected chi connectivity index (χ1v) is 20.0. The van der Waals surface area contributed by atoms with Gasteiger partial charge in [-0.25, -0.2) is 4.98 Å². The van der Waals surface area contributed by atoms with Gasteiger partial charge in [0.05, 0.1) is 28.6 Å². The van der Waals surface area contributed by atoms with Gasteiger partial charge in [-0.3, -0.25) is 39.0 Å². The number of benzene rings is 3. The average Bonchev–Trinajstić information content (AvgIpc) is 3.83. The Labute approximate surface area is 335 Å². The van der Waals surface area contributed by atoms with E-state index in [0.717, 1.165) is 67.6 Å². The fraction of sp³-hybridized carbons (Fsp3) is 0.349. The second-order valence-electron chi connectivity index (χ2n) is 15.1. The minimum Gasteiger partial charge on any atom is -0.384 e. The van der Waals surface area contributed by atoms with Crippen LogP contribution >= 0.6 is 0 Å². The van der Waals surface area contributed by atoms with E-state index in [-0.39, 0.29) is 41.8 Å². The van der Waals surface area contributed by atoms with Crippen molar-refractivity contribution in [3.05, 3.63) is 95.2 Å². The number of hydrogen-bond acceptors (Lipinski definition) is 11. The molecule has 0 spiro atoms. The van der Waals surface area contributed by atoms with Crippen molar-refractivity contribution >= 4 is 70.0 Å². The molecule has 3 aliphatic heterocycles. The average molecular weight is 784 g/mol. The maximum absolute atomic E-state index is 13.5. The largest absolute Gasteiger partial charge is 0.384 e. The van der Waals surface area contributed by atoms with Crippen LogP contribution in [-0.4, -0.2) is 82.5 Å². The molecule has 1 aliphatic carbocycles. The van der Waals surface area contributed by atoms with Crippen LogP contribution in [0.15, 0.2) is 72.9 Å². The summed E-state index contributed by atoms with van der Waals surface area (Å²) in [6.45, 7) is 1.09. The number of piperidine rings is 1. The zero-order valence-electron chi connectivity index (χ0n) is 32.3. The Morgan fingerprint density at radius 2 is 1.52 bits per heavy atom. The van der Waals surface area contributed by atoms with Crippen molar-refractivity contribution < 1.29 is 28.8 Å². The zero-order valence-corrected chi connectivity index (χ0v) is 32.3. The van der Waals surface area contributed by atoms with Crippen LogP contribution in [0.2, 0.25) is 0 Å². The Morgan fingerprint density at radius 1 is 0.776 bits per heavy atom. The monoisotopic (exact) mass is 783 g/mol. The van der Waals surface area contributed by atoms with Gasteiger partial charge in [-0.1, -0.05) is 43.9 Å². The van der Waals surface area contributed by atoms with Crippen LogP contribution in [0.3, 0.4) is 0 Å². The molecule has 298 valence electrons. The molecule has 15 heteroatoms. The van der Waals surface area contributed by atoms with Crippen molar-refractivity contribution in [2.24, 2.45) is 0 Å². The highest BCUT2D eigenvalue weighted by Gasteiger charge is 2.45. The number of amides is 6. The zero-order chi connectivity index (χ0) is 40.3. The fourth-order valence-corrected chi connectivity index (χ4v) is 8.27. The van der Waals surface area contributed by atoms with Gasteiger partial charge in [0.1, 0.15) is 11.7 Å². The summed E-state index contributed by atoms with van der Waals surface area (Å²) in [6, 6.07) is 19.1. The number of unbranched alkanes of at least 4 members (excludes halogenated alkanes) is 3. The van der Waals surface area contributed by atoms with E-state index in [0.29, 0.717) is 47.4 Å². The molecule has 1 atom stereocenters. The first-order valence-electron chi connectivity index (χ1n) is 20.0. The SMILES string of the molecule is CN1C(=O)c2ccccc2N(C2CCCC2)c2nc(Nc3ccc(C(=O)NCCCCCCNc4cccc5c4C(=O)N(C4CCC(=O)NC4=O)C5=O)cc3)ncc21. The van der Waals surface area contributed by atoms with E-state index in [9.17, 15) is 28.8 Å². The van der Waals surface area contributed by atoms with Crippen molar-refractivity contribution in [1.29, 1.82) is 0 Å². The number of rotatable bonds is 13. The number of carbonyl (C=O) groups excluding carboxylic acids is 6. The number of aromatic nitrogens is 2. The van der Waals surface area contributed by atoms with Crippen LogP contribution in [0.5, 0.6) is 0 Å². The van der Waals surface area contributed by atoms with E-state index in [2.05, 4.69) is 31.2 Å². The Balaban J connectivity index is 0.800. The summed E-state index contributed by atoms with van der Waals surface area (Å²) < 4.78 is 0. The number of nitrogens with one attached hydrogen (secondary N) is 4. The van der Waals surface area contributed by atoms with Gasteiger partial charge < -0.3 is 25.8 Å². The summed E-state index contributed by atoms with van der Waals surface area (Å²) in [5, 5.41) is 11.8. The molecule has 6 amide bonds. The molecule has 1 saturated carbocycles. The highest BCUT2D eigenvalue weighted by molar-refractivity contribution is 6.25. The topological polar surface area (TPSA) is 186 Å². The molecule has 15 nitrogen and oxygen atoms in total. The number of carbonyl (C=O) groups is 6. The minimum absolute atomic E-state index is 0.0670. The van der Waals surface area contributed by atoms with Crippen LogP contribution < -0.4 is 31.1 Å². The molecular formula is C43H45N9O6. The lowest BCUT2D eigenvalue weighted by atomic mass is 10.0. The van der Waals surface area contributed by atoms with Gasteiger partial charge in [0.15, 0.2) is 5.82 Å². The smallest absolute Gasteiger partial charge is 0.264 e. The van der Waals surface area contributed by atoms with E-state index in [4.69, 9.17) is 4.98 Å². The van der Waals surface area contributed by atoms with Crippen molar-refractivity contribution in [3.63, 3.8) is 0 Å². The van der Waals surface area contributed by atoms with Crippen molar-refractivity contribution in [2.45, 2.75) is 76.3 Å². The van der Waals surface area contributed by atoms with Crippen LogP contribution in [0, 0.1) is 0 Å². The van der Waals surface area contributed by atoms with E-state index in [1.54, 1.807) is 48.5 Å². The first-order chi connectivity index (χ1) is 28.2. The molecule has 3 aromatic carbocycles. The molecule has 0 radical (unpaired) electrons. The molecule has 8 rings (SSSR count). The Hall–Kier alpha value is -6.64. The maximum atomic E-state index is 13.5. The third kappa shape index (κ3) is 7.46. The normalized spacial score (nSPS) is 17.8. The van der Waals surface area contributed by atoms with Crippen molar-refractivity contribution in [2.75, 3.05) is 40.6 Å². The lowest BCUT2D eigenvalue weighted by molar-refractivity contribution is -0.136. The van der Waals surface area contributed by atoms with Crippen LogP contribution in [0.1, 0.15) is 106 Å². The quantitative estimate of drug-likeness (QED) is 0.0964. The predicted molar refractivity (Wildman–Crippen MR) is 218 cm³/mol. The van der Waals surface area contributed by atoms with E-state index >= 15 is 0 Å². The molecule has 1 aromatic heterocycles. The second-order valence-corrected chi connectivity index (χ2v) is 15.1. The molecule has 4 aromatic rings. The summed E-state index contributed by atoms with van der Waals surface area (Å²) in [7, 11) is 1.75. The Kier molecular flexibility index (Phi) is 10.8. The lowest BCUT2D eigenvalue weighted by Gasteiger charge is -2.31. The van der Waals surface area contributed by atoms with Gasteiger partial charge in [0.25, 0.3) is 23.6 Å². The van der Waals surface area contributed by atoms with Crippen LogP contribution in [0.4, 0.5) is 34.5 Å². The second kappa shape index (κ2) is 16.5. The van der Waals surface area contributed by atoms with Gasteiger partial charge in [0.2, 0.25) is 17.8 Å². The highest BCUT2D eigenvalue weighted by Crippen LogP contribution is 2.43. The third-order valence-corrected chi connectivity index (χ3v) is 11.3.